The van der Waals surface area contributed by atoms with E-state index in [4.69, 9.17) is 17.3 Å². The zero-order valence-electron chi connectivity index (χ0n) is 10.7. The Bertz CT molecular complexity index is 608. The maximum atomic E-state index is 12.1. The summed E-state index contributed by atoms with van der Waals surface area (Å²) in [5.74, 6) is -0.185. The Kier molecular flexibility index (Phi) is 3.76. The lowest BCUT2D eigenvalue weighted by Gasteiger charge is -2.13. The molecule has 1 heterocycles. The highest BCUT2D eigenvalue weighted by Gasteiger charge is 2.16. The van der Waals surface area contributed by atoms with Gasteiger partial charge in [-0.15, -0.1) is 0 Å². The van der Waals surface area contributed by atoms with Crippen molar-refractivity contribution in [2.45, 2.75) is 19.9 Å². The summed E-state index contributed by atoms with van der Waals surface area (Å²) < 4.78 is 1.61. The van der Waals surface area contributed by atoms with Gasteiger partial charge in [-0.1, -0.05) is 11.6 Å². The maximum Gasteiger partial charge on any atom is 0.248 e. The van der Waals surface area contributed by atoms with Crippen LogP contribution in [0.15, 0.2) is 30.5 Å². The topological polar surface area (TPSA) is 72.9 Å². The zero-order valence-corrected chi connectivity index (χ0v) is 11.5. The van der Waals surface area contributed by atoms with Crippen molar-refractivity contribution in [3.05, 3.63) is 41.2 Å². The summed E-state index contributed by atoms with van der Waals surface area (Å²) in [6, 6.07) is 6.39. The summed E-state index contributed by atoms with van der Waals surface area (Å²) in [7, 11) is 0. The van der Waals surface area contributed by atoms with Crippen LogP contribution in [0, 0.1) is 6.92 Å². The Hall–Kier alpha value is -2.01. The van der Waals surface area contributed by atoms with Gasteiger partial charge in [0, 0.05) is 11.9 Å². The van der Waals surface area contributed by atoms with Crippen LogP contribution in [0.3, 0.4) is 0 Å². The molecule has 0 spiro atoms. The minimum atomic E-state index is -0.415. The zero-order chi connectivity index (χ0) is 14.0. The number of halogens is 1. The number of hydrogen-bond acceptors (Lipinski definition) is 3. The van der Waals surface area contributed by atoms with Crippen molar-refractivity contribution in [2.75, 3.05) is 11.1 Å². The average Bonchev–Trinajstić information content (AvgIpc) is 2.78. The molecular formula is C13H15ClN4O. The van der Waals surface area contributed by atoms with E-state index in [0.717, 1.165) is 5.69 Å². The molecule has 0 saturated heterocycles. The fourth-order valence-electron chi connectivity index (χ4n) is 1.64. The number of nitrogens with one attached hydrogen (secondary N) is 1. The summed E-state index contributed by atoms with van der Waals surface area (Å²) in [5.41, 5.74) is 7.56. The number of amides is 1. The number of carbonyl (C=O) groups excluding carboxylic acids is 1. The van der Waals surface area contributed by atoms with Crippen LogP contribution < -0.4 is 11.1 Å². The van der Waals surface area contributed by atoms with Crippen LogP contribution in [-0.2, 0) is 4.79 Å². The van der Waals surface area contributed by atoms with Crippen molar-refractivity contribution in [3.63, 3.8) is 0 Å². The fourth-order valence-corrected chi connectivity index (χ4v) is 1.88. The molecule has 0 fully saturated rings. The highest BCUT2D eigenvalue weighted by molar-refractivity contribution is 6.34. The first-order valence-electron chi connectivity index (χ1n) is 5.85. The van der Waals surface area contributed by atoms with E-state index in [1.54, 1.807) is 36.0 Å². The lowest BCUT2D eigenvalue weighted by atomic mass is 10.2. The van der Waals surface area contributed by atoms with E-state index >= 15 is 0 Å². The van der Waals surface area contributed by atoms with Gasteiger partial charge in [0.05, 0.1) is 16.4 Å². The molecule has 0 bridgehead atoms. The van der Waals surface area contributed by atoms with Crippen molar-refractivity contribution < 1.29 is 4.79 Å². The van der Waals surface area contributed by atoms with Gasteiger partial charge >= 0.3 is 0 Å². The lowest BCUT2D eigenvalue weighted by Crippen LogP contribution is -2.24. The minimum Gasteiger partial charge on any atom is -0.399 e. The highest BCUT2D eigenvalue weighted by atomic mass is 35.5. The second-order valence-electron chi connectivity index (χ2n) is 4.34. The van der Waals surface area contributed by atoms with Gasteiger partial charge in [0.2, 0.25) is 5.91 Å². The Morgan fingerprint density at radius 2 is 2.21 bits per heavy atom. The molecule has 0 aliphatic rings. The first-order valence-corrected chi connectivity index (χ1v) is 6.23. The van der Waals surface area contributed by atoms with Crippen molar-refractivity contribution in [3.8, 4) is 0 Å². The number of aromatic nitrogens is 2. The first-order chi connectivity index (χ1) is 8.97. The van der Waals surface area contributed by atoms with Crippen LogP contribution in [-0.4, -0.2) is 15.7 Å². The molecule has 0 aliphatic carbocycles. The smallest absolute Gasteiger partial charge is 0.248 e. The number of benzene rings is 1. The summed E-state index contributed by atoms with van der Waals surface area (Å²) in [5, 5.41) is 7.38. The van der Waals surface area contributed by atoms with Crippen LogP contribution in [0.2, 0.25) is 5.02 Å². The first kappa shape index (κ1) is 13.4. The van der Waals surface area contributed by atoms with Gasteiger partial charge in [-0.25, -0.2) is 0 Å². The van der Waals surface area contributed by atoms with Crippen LogP contribution in [0.4, 0.5) is 11.4 Å². The van der Waals surface area contributed by atoms with E-state index in [9.17, 15) is 4.79 Å². The average molecular weight is 279 g/mol. The van der Waals surface area contributed by atoms with Gasteiger partial charge in [-0.2, -0.15) is 5.10 Å². The monoisotopic (exact) mass is 278 g/mol. The molecule has 1 aromatic heterocycles. The molecule has 1 atom stereocenters. The number of hydrogen-bond donors (Lipinski definition) is 2. The van der Waals surface area contributed by atoms with Gasteiger partial charge in [0.1, 0.15) is 6.04 Å². The van der Waals surface area contributed by atoms with Crippen molar-refractivity contribution in [1.29, 1.82) is 0 Å². The van der Waals surface area contributed by atoms with E-state index in [-0.39, 0.29) is 5.91 Å². The molecule has 0 aliphatic heterocycles. The maximum absolute atomic E-state index is 12.1. The summed E-state index contributed by atoms with van der Waals surface area (Å²) >= 11 is 6.01. The highest BCUT2D eigenvalue weighted by Crippen LogP contribution is 2.24. The van der Waals surface area contributed by atoms with E-state index in [2.05, 4.69) is 10.4 Å². The van der Waals surface area contributed by atoms with Gasteiger partial charge < -0.3 is 11.1 Å². The second-order valence-corrected chi connectivity index (χ2v) is 4.75. The molecule has 100 valence electrons. The summed E-state index contributed by atoms with van der Waals surface area (Å²) in [6.45, 7) is 3.64. The van der Waals surface area contributed by atoms with Gasteiger partial charge in [0.15, 0.2) is 0 Å². The van der Waals surface area contributed by atoms with Crippen molar-refractivity contribution >= 4 is 28.9 Å². The van der Waals surface area contributed by atoms with Crippen LogP contribution in [0.25, 0.3) is 0 Å². The Balaban J connectivity index is 2.12. The molecule has 2 aromatic rings. The van der Waals surface area contributed by atoms with Gasteiger partial charge in [-0.05, 0) is 38.1 Å². The third-order valence-electron chi connectivity index (χ3n) is 2.77. The molecule has 0 saturated carbocycles. The standard InChI is InChI=1S/C13H15ClN4O/c1-8-5-6-18(17-8)9(2)13(19)16-12-4-3-10(15)7-11(12)14/h3-7,9H,15H2,1-2H3,(H,16,19). The Morgan fingerprint density at radius 1 is 1.47 bits per heavy atom. The third-order valence-corrected chi connectivity index (χ3v) is 3.08. The van der Waals surface area contributed by atoms with Crippen LogP contribution in [0.1, 0.15) is 18.7 Å². The molecular weight excluding hydrogens is 264 g/mol. The molecule has 3 N–H and O–H groups in total. The molecule has 1 unspecified atom stereocenters. The van der Waals surface area contributed by atoms with Gasteiger partial charge in [0.25, 0.3) is 0 Å². The molecule has 19 heavy (non-hydrogen) atoms. The largest absolute Gasteiger partial charge is 0.399 e. The number of anilines is 2. The number of rotatable bonds is 3. The predicted octanol–water partition coefficient (Wildman–Crippen LogP) is 2.63. The van der Waals surface area contributed by atoms with Crippen molar-refractivity contribution in [1.82, 2.24) is 9.78 Å². The third kappa shape index (κ3) is 3.06. The quantitative estimate of drug-likeness (QED) is 0.848. The van der Waals surface area contributed by atoms with Crippen molar-refractivity contribution in [2.24, 2.45) is 0 Å². The van der Waals surface area contributed by atoms with E-state index in [0.29, 0.717) is 16.4 Å². The lowest BCUT2D eigenvalue weighted by molar-refractivity contribution is -0.119. The molecule has 6 heteroatoms. The van der Waals surface area contributed by atoms with Gasteiger partial charge in [-0.3, -0.25) is 9.48 Å². The molecule has 1 amide bonds. The SMILES string of the molecule is Cc1ccn(C(C)C(=O)Nc2ccc(N)cc2Cl)n1. The number of carbonyl (C=O) groups is 1. The number of aryl methyl sites for hydroxylation is 1. The Morgan fingerprint density at radius 3 is 2.79 bits per heavy atom. The number of nitrogen functional groups attached to an aromatic ring is 1. The number of nitrogens with two attached hydrogens (primary N) is 1. The summed E-state index contributed by atoms with van der Waals surface area (Å²) in [6.07, 6.45) is 1.77. The summed E-state index contributed by atoms with van der Waals surface area (Å²) in [4.78, 5) is 12.1. The van der Waals surface area contributed by atoms with E-state index < -0.39 is 6.04 Å². The minimum absolute atomic E-state index is 0.185. The Labute approximate surface area is 116 Å². The van der Waals surface area contributed by atoms with Crippen LogP contribution >= 0.6 is 11.6 Å². The fraction of sp³-hybridized carbons (Fsp3) is 0.231. The van der Waals surface area contributed by atoms with E-state index in [1.807, 2.05) is 13.0 Å². The normalized spacial score (nSPS) is 12.2. The number of nitrogens with zero attached hydrogens (tertiary/aromatic N) is 2. The predicted molar refractivity (Wildman–Crippen MR) is 76.2 cm³/mol. The molecule has 0 radical (unpaired) electrons. The van der Waals surface area contributed by atoms with E-state index in [1.165, 1.54) is 0 Å². The van der Waals surface area contributed by atoms with Crippen LogP contribution in [0.5, 0.6) is 0 Å². The second kappa shape index (κ2) is 5.32. The molecule has 5 nitrogen and oxygen atoms in total. The molecule has 1 aromatic carbocycles. The molecule has 2 rings (SSSR count).